The molecular weight excluding hydrogens is 397 g/mol. The lowest BCUT2D eigenvalue weighted by molar-refractivity contribution is 0.102. The molecule has 17 heavy (non-hydrogen) atoms. The SMILES string of the molecule is Cn1cc(I)c(C(=O)Nc2cccc(Br)c2)n1. The van der Waals surface area contributed by atoms with Crippen LogP contribution >= 0.6 is 38.5 Å². The third-order valence-corrected chi connectivity index (χ3v) is 3.36. The van der Waals surface area contributed by atoms with Gasteiger partial charge in [-0.25, -0.2) is 0 Å². The fourth-order valence-electron chi connectivity index (χ4n) is 1.37. The number of aryl methyl sites for hydroxylation is 1. The zero-order valence-electron chi connectivity index (χ0n) is 8.95. The quantitative estimate of drug-likeness (QED) is 0.780. The molecule has 0 aliphatic heterocycles. The molecule has 4 nitrogen and oxygen atoms in total. The first-order chi connectivity index (χ1) is 8.06. The lowest BCUT2D eigenvalue weighted by atomic mass is 10.3. The smallest absolute Gasteiger partial charge is 0.277 e. The van der Waals surface area contributed by atoms with Crippen LogP contribution in [-0.4, -0.2) is 15.7 Å². The molecule has 1 N–H and O–H groups in total. The lowest BCUT2D eigenvalue weighted by Crippen LogP contribution is -2.14. The molecule has 88 valence electrons. The summed E-state index contributed by atoms with van der Waals surface area (Å²) in [5, 5.41) is 6.92. The normalized spacial score (nSPS) is 10.3. The number of aromatic nitrogens is 2. The molecule has 0 fully saturated rings. The predicted octanol–water partition coefficient (Wildman–Crippen LogP) is 3.04. The topological polar surface area (TPSA) is 46.9 Å². The third kappa shape index (κ3) is 3.06. The van der Waals surface area contributed by atoms with Crippen molar-refractivity contribution in [1.82, 2.24) is 9.78 Å². The highest BCUT2D eigenvalue weighted by atomic mass is 127. The zero-order valence-corrected chi connectivity index (χ0v) is 12.7. The van der Waals surface area contributed by atoms with Gasteiger partial charge in [0, 0.05) is 23.4 Å². The summed E-state index contributed by atoms with van der Waals surface area (Å²) in [5.74, 6) is -0.201. The summed E-state index contributed by atoms with van der Waals surface area (Å²) in [4.78, 5) is 12.0. The molecule has 1 aromatic carbocycles. The number of benzene rings is 1. The van der Waals surface area contributed by atoms with Crippen LogP contribution in [0, 0.1) is 3.57 Å². The van der Waals surface area contributed by atoms with Gasteiger partial charge in [0.2, 0.25) is 0 Å². The minimum atomic E-state index is -0.201. The van der Waals surface area contributed by atoms with E-state index in [1.54, 1.807) is 17.9 Å². The molecule has 0 saturated carbocycles. The van der Waals surface area contributed by atoms with Crippen LogP contribution in [0.25, 0.3) is 0 Å². The van der Waals surface area contributed by atoms with Gasteiger partial charge in [-0.3, -0.25) is 9.48 Å². The van der Waals surface area contributed by atoms with Gasteiger partial charge in [-0.1, -0.05) is 22.0 Å². The van der Waals surface area contributed by atoms with E-state index in [1.807, 2.05) is 24.3 Å². The van der Waals surface area contributed by atoms with Crippen LogP contribution in [0.3, 0.4) is 0 Å². The molecule has 0 unspecified atom stereocenters. The number of halogens is 2. The Bertz CT molecular complexity index is 568. The van der Waals surface area contributed by atoms with E-state index >= 15 is 0 Å². The second-order valence-corrected chi connectivity index (χ2v) is 5.54. The van der Waals surface area contributed by atoms with Crippen molar-refractivity contribution in [2.24, 2.45) is 7.05 Å². The molecule has 0 spiro atoms. The van der Waals surface area contributed by atoms with Crippen LogP contribution in [0.4, 0.5) is 5.69 Å². The number of carbonyl (C=O) groups excluding carboxylic acids is 1. The van der Waals surface area contributed by atoms with Crippen LogP contribution in [0.15, 0.2) is 34.9 Å². The van der Waals surface area contributed by atoms with Crippen molar-refractivity contribution < 1.29 is 4.79 Å². The Morgan fingerprint density at radius 3 is 2.88 bits per heavy atom. The Morgan fingerprint density at radius 1 is 1.53 bits per heavy atom. The van der Waals surface area contributed by atoms with E-state index in [2.05, 4.69) is 48.9 Å². The zero-order chi connectivity index (χ0) is 12.4. The van der Waals surface area contributed by atoms with E-state index in [0.29, 0.717) is 5.69 Å². The number of hydrogen-bond donors (Lipinski definition) is 1. The van der Waals surface area contributed by atoms with Gasteiger partial charge in [0.15, 0.2) is 5.69 Å². The van der Waals surface area contributed by atoms with E-state index in [0.717, 1.165) is 13.7 Å². The highest BCUT2D eigenvalue weighted by Gasteiger charge is 2.14. The molecule has 2 aromatic rings. The molecule has 1 heterocycles. The van der Waals surface area contributed by atoms with Crippen LogP contribution in [0.2, 0.25) is 0 Å². The summed E-state index contributed by atoms with van der Waals surface area (Å²) in [6.45, 7) is 0. The number of nitrogens with zero attached hydrogens (tertiary/aromatic N) is 2. The molecule has 1 amide bonds. The van der Waals surface area contributed by atoms with Gasteiger partial charge in [-0.05, 0) is 40.8 Å². The second kappa shape index (κ2) is 5.18. The average molecular weight is 406 g/mol. The molecule has 0 aliphatic carbocycles. The fraction of sp³-hybridized carbons (Fsp3) is 0.0909. The maximum Gasteiger partial charge on any atom is 0.277 e. The Hall–Kier alpha value is -0.890. The Labute approximate surface area is 121 Å². The first-order valence-electron chi connectivity index (χ1n) is 4.82. The van der Waals surface area contributed by atoms with E-state index < -0.39 is 0 Å². The molecule has 2 rings (SSSR count). The van der Waals surface area contributed by atoms with Crippen molar-refractivity contribution >= 4 is 50.1 Å². The Morgan fingerprint density at radius 2 is 2.29 bits per heavy atom. The van der Waals surface area contributed by atoms with Crippen LogP contribution in [0.5, 0.6) is 0 Å². The molecule has 1 aromatic heterocycles. The van der Waals surface area contributed by atoms with E-state index in [4.69, 9.17) is 0 Å². The Balaban J connectivity index is 2.20. The predicted molar refractivity (Wildman–Crippen MR) is 78.0 cm³/mol. The summed E-state index contributed by atoms with van der Waals surface area (Å²) in [6, 6.07) is 7.44. The molecule has 0 radical (unpaired) electrons. The van der Waals surface area contributed by atoms with Crippen molar-refractivity contribution in [2.45, 2.75) is 0 Å². The summed E-state index contributed by atoms with van der Waals surface area (Å²) in [5.41, 5.74) is 1.18. The number of amides is 1. The van der Waals surface area contributed by atoms with E-state index in [-0.39, 0.29) is 5.91 Å². The van der Waals surface area contributed by atoms with E-state index in [1.165, 1.54) is 0 Å². The Kier molecular flexibility index (Phi) is 3.82. The van der Waals surface area contributed by atoms with Crippen LogP contribution in [-0.2, 0) is 7.05 Å². The van der Waals surface area contributed by atoms with Gasteiger partial charge in [-0.15, -0.1) is 0 Å². The van der Waals surface area contributed by atoms with Crippen molar-refractivity contribution in [3.05, 3.63) is 44.2 Å². The number of hydrogen-bond acceptors (Lipinski definition) is 2. The summed E-state index contributed by atoms with van der Waals surface area (Å²) < 4.78 is 3.38. The lowest BCUT2D eigenvalue weighted by Gasteiger charge is -2.03. The largest absolute Gasteiger partial charge is 0.321 e. The van der Waals surface area contributed by atoms with Gasteiger partial charge < -0.3 is 5.32 Å². The summed E-state index contributed by atoms with van der Waals surface area (Å²) in [7, 11) is 1.79. The maximum absolute atomic E-state index is 12.0. The third-order valence-electron chi connectivity index (χ3n) is 2.08. The number of carbonyl (C=O) groups is 1. The standard InChI is InChI=1S/C11H9BrIN3O/c1-16-6-9(13)10(15-16)11(17)14-8-4-2-3-7(12)5-8/h2-6H,1H3,(H,14,17). The molecule has 0 atom stereocenters. The minimum absolute atomic E-state index is 0.201. The van der Waals surface area contributed by atoms with Crippen LogP contribution in [0.1, 0.15) is 10.5 Å². The molecule has 6 heteroatoms. The molecular formula is C11H9BrIN3O. The van der Waals surface area contributed by atoms with Gasteiger partial charge in [0.1, 0.15) is 0 Å². The van der Waals surface area contributed by atoms with Crippen molar-refractivity contribution in [3.63, 3.8) is 0 Å². The van der Waals surface area contributed by atoms with Gasteiger partial charge in [-0.2, -0.15) is 5.10 Å². The number of anilines is 1. The van der Waals surface area contributed by atoms with Gasteiger partial charge in [0.05, 0.1) is 3.57 Å². The molecule has 0 saturated heterocycles. The van der Waals surface area contributed by atoms with Gasteiger partial charge in [0.25, 0.3) is 5.91 Å². The molecule has 0 aliphatic rings. The maximum atomic E-state index is 12.0. The van der Waals surface area contributed by atoms with Crippen LogP contribution < -0.4 is 5.32 Å². The second-order valence-electron chi connectivity index (χ2n) is 3.46. The average Bonchev–Trinajstić information content (AvgIpc) is 2.58. The van der Waals surface area contributed by atoms with Crippen molar-refractivity contribution in [3.8, 4) is 0 Å². The van der Waals surface area contributed by atoms with E-state index in [9.17, 15) is 4.79 Å². The summed E-state index contributed by atoms with van der Waals surface area (Å²) in [6.07, 6.45) is 1.80. The highest BCUT2D eigenvalue weighted by Crippen LogP contribution is 2.17. The van der Waals surface area contributed by atoms with Crippen molar-refractivity contribution in [2.75, 3.05) is 5.32 Å². The van der Waals surface area contributed by atoms with Crippen molar-refractivity contribution in [1.29, 1.82) is 0 Å². The molecule has 0 bridgehead atoms. The first-order valence-corrected chi connectivity index (χ1v) is 6.69. The number of rotatable bonds is 2. The fourth-order valence-corrected chi connectivity index (χ4v) is 2.53. The monoisotopic (exact) mass is 405 g/mol. The highest BCUT2D eigenvalue weighted by molar-refractivity contribution is 14.1. The summed E-state index contributed by atoms with van der Waals surface area (Å²) >= 11 is 5.45. The van der Waals surface area contributed by atoms with Gasteiger partial charge >= 0.3 is 0 Å². The first kappa shape index (κ1) is 12.6. The minimum Gasteiger partial charge on any atom is -0.321 e. The number of nitrogens with one attached hydrogen (secondary N) is 1.